The maximum Gasteiger partial charge on any atom is 0.275 e. The first kappa shape index (κ1) is 13.6. The summed E-state index contributed by atoms with van der Waals surface area (Å²) in [5.74, 6) is 0.429. The summed E-state index contributed by atoms with van der Waals surface area (Å²) in [6.07, 6.45) is 4.61. The second-order valence-corrected chi connectivity index (χ2v) is 5.21. The lowest BCUT2D eigenvalue weighted by atomic mass is 10.1. The first-order valence-corrected chi connectivity index (χ1v) is 6.26. The van der Waals surface area contributed by atoms with Crippen LogP contribution in [0.5, 0.6) is 5.75 Å². The van der Waals surface area contributed by atoms with E-state index in [9.17, 15) is 4.79 Å². The van der Waals surface area contributed by atoms with E-state index in [2.05, 4.69) is 4.98 Å². The summed E-state index contributed by atoms with van der Waals surface area (Å²) < 4.78 is 7.17. The van der Waals surface area contributed by atoms with Gasteiger partial charge in [-0.05, 0) is 44.5 Å². The molecule has 2 rings (SSSR count). The van der Waals surface area contributed by atoms with E-state index in [0.29, 0.717) is 10.8 Å². The van der Waals surface area contributed by atoms with Gasteiger partial charge >= 0.3 is 0 Å². The molecule has 0 amide bonds. The fourth-order valence-corrected chi connectivity index (χ4v) is 1.83. The van der Waals surface area contributed by atoms with E-state index in [1.807, 2.05) is 13.0 Å². The molecule has 0 radical (unpaired) electrons. The lowest BCUT2D eigenvalue weighted by Crippen LogP contribution is -2.41. The van der Waals surface area contributed by atoms with Crippen LogP contribution in [0.1, 0.15) is 24.2 Å². The number of carbonyl (C=O) groups excluding carboxylic acids is 1. The van der Waals surface area contributed by atoms with E-state index in [1.165, 1.54) is 10.9 Å². The summed E-state index contributed by atoms with van der Waals surface area (Å²) in [4.78, 5) is 16.1. The lowest BCUT2D eigenvalue weighted by molar-refractivity contribution is 0.0487. The number of imidazole rings is 1. The highest BCUT2D eigenvalue weighted by Gasteiger charge is 2.31. The molecular weight excluding hydrogens is 264 g/mol. The number of carbonyl (C=O) groups is 1. The molecule has 0 aliphatic heterocycles. The van der Waals surface area contributed by atoms with Crippen LogP contribution in [0, 0.1) is 6.92 Å². The molecule has 1 aromatic carbocycles. The van der Waals surface area contributed by atoms with Gasteiger partial charge in [0.2, 0.25) is 0 Å². The number of nitrogens with zero attached hydrogens (tertiary/aromatic N) is 2. The fraction of sp³-hybridized carbons (Fsp3) is 0.286. The predicted octanol–water partition coefficient (Wildman–Crippen LogP) is 3.34. The molecule has 1 aromatic heterocycles. The fourth-order valence-electron chi connectivity index (χ4n) is 1.71. The zero-order valence-corrected chi connectivity index (χ0v) is 11.8. The van der Waals surface area contributed by atoms with Crippen LogP contribution in [0.4, 0.5) is 0 Å². The number of aryl methyl sites for hydroxylation is 1. The second kappa shape index (κ2) is 5.05. The minimum atomic E-state index is -0.985. The molecule has 0 bridgehead atoms. The molecular formula is C14H15ClN2O2. The van der Waals surface area contributed by atoms with Crippen molar-refractivity contribution in [3.63, 3.8) is 0 Å². The average Bonchev–Trinajstić information content (AvgIpc) is 2.86. The Hall–Kier alpha value is -1.81. The van der Waals surface area contributed by atoms with Crippen LogP contribution < -0.4 is 4.74 Å². The van der Waals surface area contributed by atoms with Crippen LogP contribution in [0.2, 0.25) is 5.02 Å². The molecule has 0 spiro atoms. The van der Waals surface area contributed by atoms with Gasteiger partial charge in [0.15, 0.2) is 5.60 Å². The van der Waals surface area contributed by atoms with E-state index < -0.39 is 5.60 Å². The number of benzene rings is 1. The number of aromatic nitrogens is 2. The van der Waals surface area contributed by atoms with E-state index in [0.717, 1.165) is 5.56 Å². The van der Waals surface area contributed by atoms with Crippen molar-refractivity contribution in [2.24, 2.45) is 0 Å². The van der Waals surface area contributed by atoms with E-state index >= 15 is 0 Å². The van der Waals surface area contributed by atoms with E-state index in [4.69, 9.17) is 16.3 Å². The lowest BCUT2D eigenvalue weighted by Gasteiger charge is -2.25. The van der Waals surface area contributed by atoms with E-state index in [-0.39, 0.29) is 5.91 Å². The summed E-state index contributed by atoms with van der Waals surface area (Å²) in [7, 11) is 0. The predicted molar refractivity (Wildman–Crippen MR) is 73.7 cm³/mol. The van der Waals surface area contributed by atoms with Crippen LogP contribution in [0.15, 0.2) is 36.9 Å². The molecule has 19 heavy (non-hydrogen) atoms. The number of hydrogen-bond donors (Lipinski definition) is 0. The van der Waals surface area contributed by atoms with Crippen LogP contribution in [0.3, 0.4) is 0 Å². The third-order valence-electron chi connectivity index (χ3n) is 2.76. The Labute approximate surface area is 117 Å². The summed E-state index contributed by atoms with van der Waals surface area (Å²) >= 11 is 5.96. The molecule has 0 fully saturated rings. The molecule has 0 aliphatic rings. The molecule has 4 nitrogen and oxygen atoms in total. The van der Waals surface area contributed by atoms with Crippen molar-refractivity contribution in [3.05, 3.63) is 47.5 Å². The van der Waals surface area contributed by atoms with Crippen molar-refractivity contribution in [3.8, 4) is 5.75 Å². The van der Waals surface area contributed by atoms with Crippen molar-refractivity contribution >= 4 is 17.5 Å². The molecule has 5 heteroatoms. The first-order chi connectivity index (χ1) is 8.90. The Kier molecular flexibility index (Phi) is 3.62. The monoisotopic (exact) mass is 278 g/mol. The van der Waals surface area contributed by atoms with Crippen molar-refractivity contribution in [1.29, 1.82) is 0 Å². The molecule has 0 saturated carbocycles. The van der Waals surface area contributed by atoms with Crippen LogP contribution >= 0.6 is 11.6 Å². The largest absolute Gasteiger partial charge is 0.478 e. The Morgan fingerprint density at radius 3 is 2.74 bits per heavy atom. The van der Waals surface area contributed by atoms with Gasteiger partial charge in [-0.2, -0.15) is 0 Å². The summed E-state index contributed by atoms with van der Waals surface area (Å²) in [6, 6.07) is 5.31. The Morgan fingerprint density at radius 1 is 1.42 bits per heavy atom. The molecule has 2 aromatic rings. The van der Waals surface area contributed by atoms with Crippen molar-refractivity contribution < 1.29 is 9.53 Å². The minimum absolute atomic E-state index is 0.183. The molecule has 0 saturated heterocycles. The van der Waals surface area contributed by atoms with Crippen LogP contribution in [0.25, 0.3) is 0 Å². The Morgan fingerprint density at radius 2 is 2.16 bits per heavy atom. The van der Waals surface area contributed by atoms with Gasteiger partial charge in [-0.3, -0.25) is 9.36 Å². The summed E-state index contributed by atoms with van der Waals surface area (Å²) in [5.41, 5.74) is -0.0777. The van der Waals surface area contributed by atoms with Crippen molar-refractivity contribution in [2.45, 2.75) is 26.4 Å². The average molecular weight is 279 g/mol. The van der Waals surface area contributed by atoms with Gasteiger partial charge in [-0.25, -0.2) is 4.98 Å². The van der Waals surface area contributed by atoms with Gasteiger partial charge in [-0.15, -0.1) is 0 Å². The number of hydrogen-bond acceptors (Lipinski definition) is 3. The highest BCUT2D eigenvalue weighted by atomic mass is 35.5. The van der Waals surface area contributed by atoms with Gasteiger partial charge < -0.3 is 4.74 Å². The summed E-state index contributed by atoms with van der Waals surface area (Å²) in [6.45, 7) is 5.33. The first-order valence-electron chi connectivity index (χ1n) is 5.88. The highest BCUT2D eigenvalue weighted by Crippen LogP contribution is 2.25. The van der Waals surface area contributed by atoms with Gasteiger partial charge in [0, 0.05) is 17.4 Å². The molecule has 100 valence electrons. The van der Waals surface area contributed by atoms with E-state index in [1.54, 1.807) is 38.4 Å². The topological polar surface area (TPSA) is 44.1 Å². The smallest absolute Gasteiger partial charge is 0.275 e. The zero-order valence-electron chi connectivity index (χ0n) is 11.1. The molecule has 1 heterocycles. The molecule has 0 N–H and O–H groups in total. The molecule has 0 aliphatic carbocycles. The highest BCUT2D eigenvalue weighted by molar-refractivity contribution is 6.31. The van der Waals surface area contributed by atoms with Crippen molar-refractivity contribution in [2.75, 3.05) is 0 Å². The quantitative estimate of drug-likeness (QED) is 0.865. The van der Waals surface area contributed by atoms with Gasteiger partial charge in [0.05, 0.1) is 0 Å². The second-order valence-electron chi connectivity index (χ2n) is 4.80. The summed E-state index contributed by atoms with van der Waals surface area (Å²) in [5, 5.41) is 0.672. The minimum Gasteiger partial charge on any atom is -0.478 e. The molecule has 0 unspecified atom stereocenters. The normalized spacial score (nSPS) is 11.4. The maximum atomic E-state index is 12.3. The van der Waals surface area contributed by atoms with Crippen LogP contribution in [-0.4, -0.2) is 21.1 Å². The molecule has 0 atom stereocenters. The van der Waals surface area contributed by atoms with Gasteiger partial charge in [0.1, 0.15) is 12.1 Å². The third-order valence-corrected chi connectivity index (χ3v) is 3.18. The maximum absolute atomic E-state index is 12.3. The SMILES string of the molecule is Cc1cc(OC(C)(C)C(=O)n2ccnc2)ccc1Cl. The van der Waals surface area contributed by atoms with Crippen molar-refractivity contribution in [1.82, 2.24) is 9.55 Å². The number of halogens is 1. The third kappa shape index (κ3) is 2.96. The number of ether oxygens (including phenoxy) is 1. The van der Waals surface area contributed by atoms with Gasteiger partial charge in [-0.1, -0.05) is 11.6 Å². The number of rotatable bonds is 3. The zero-order chi connectivity index (χ0) is 14.0. The van der Waals surface area contributed by atoms with Crippen LogP contribution in [-0.2, 0) is 0 Å². The Balaban J connectivity index is 2.21. The Bertz CT molecular complexity index is 591. The standard InChI is InChI=1S/C14H15ClN2O2/c1-10-8-11(4-5-12(10)15)19-14(2,3)13(18)17-7-6-16-9-17/h4-9H,1-3H3. The van der Waals surface area contributed by atoms with Gasteiger partial charge in [0.25, 0.3) is 5.91 Å².